The topological polar surface area (TPSA) is 60.7 Å². The van der Waals surface area contributed by atoms with Gasteiger partial charge in [-0.05, 0) is 17.8 Å². The van der Waals surface area contributed by atoms with Gasteiger partial charge in [0.1, 0.15) is 0 Å². The molecular formula is C12H30ClO3Ti-. The van der Waals surface area contributed by atoms with Gasteiger partial charge in [0.25, 0.3) is 0 Å². The minimum Gasteiger partial charge on any atom is -1.00 e. The van der Waals surface area contributed by atoms with Crippen molar-refractivity contribution in [1.82, 2.24) is 0 Å². The van der Waals surface area contributed by atoms with E-state index in [9.17, 15) is 0 Å². The van der Waals surface area contributed by atoms with E-state index in [1.807, 2.05) is 41.5 Å². The molecule has 0 aliphatic carbocycles. The Labute approximate surface area is 128 Å². The largest absolute Gasteiger partial charge is 1.00 e. The first kappa shape index (κ1) is 30.7. The van der Waals surface area contributed by atoms with Crippen molar-refractivity contribution in [3.63, 3.8) is 0 Å². The average Bonchev–Trinajstić information content (AvgIpc) is 2.19. The summed E-state index contributed by atoms with van der Waals surface area (Å²) in [5.41, 5.74) is 0. The van der Waals surface area contributed by atoms with Crippen LogP contribution in [0.1, 0.15) is 41.5 Å². The molecule has 0 aliphatic rings. The molecule has 0 aliphatic heterocycles. The quantitative estimate of drug-likeness (QED) is 0.581. The Morgan fingerprint density at radius 1 is 0.588 bits per heavy atom. The van der Waals surface area contributed by atoms with Crippen LogP contribution in [0.5, 0.6) is 0 Å². The van der Waals surface area contributed by atoms with Crippen molar-refractivity contribution in [2.75, 3.05) is 19.8 Å². The molecule has 0 bridgehead atoms. The summed E-state index contributed by atoms with van der Waals surface area (Å²) in [6.45, 7) is 12.7. The summed E-state index contributed by atoms with van der Waals surface area (Å²) in [5.74, 6) is 1.32. The molecule has 0 aromatic rings. The number of rotatable bonds is 3. The zero-order valence-corrected chi connectivity index (χ0v) is 14.4. The predicted molar refractivity (Wildman–Crippen MR) is 65.8 cm³/mol. The third-order valence-electron chi connectivity index (χ3n) is 1.10. The first-order valence-corrected chi connectivity index (χ1v) is 5.64. The van der Waals surface area contributed by atoms with Gasteiger partial charge in [0, 0.05) is 41.5 Å². The summed E-state index contributed by atoms with van der Waals surface area (Å²) >= 11 is 0. The van der Waals surface area contributed by atoms with Gasteiger partial charge in [0.2, 0.25) is 0 Å². The zero-order valence-electron chi connectivity index (χ0n) is 12.1. The number of halogens is 1. The maximum atomic E-state index is 8.14. The summed E-state index contributed by atoms with van der Waals surface area (Å²) in [6, 6.07) is 0. The number of aliphatic hydroxyl groups excluding tert-OH is 3. The van der Waals surface area contributed by atoms with Crippen molar-refractivity contribution >= 4 is 0 Å². The third kappa shape index (κ3) is 78.9. The number of hydrogen-bond donors (Lipinski definition) is 3. The Morgan fingerprint density at radius 2 is 0.647 bits per heavy atom. The molecule has 0 atom stereocenters. The fourth-order valence-corrected chi connectivity index (χ4v) is 0. The molecule has 5 heteroatoms. The Morgan fingerprint density at radius 3 is 0.647 bits per heavy atom. The normalized spacial score (nSPS) is 8.47. The molecule has 17 heavy (non-hydrogen) atoms. The molecule has 0 unspecified atom stereocenters. The van der Waals surface area contributed by atoms with Crippen molar-refractivity contribution in [2.45, 2.75) is 41.5 Å². The van der Waals surface area contributed by atoms with Crippen LogP contribution in [0.25, 0.3) is 0 Å². The Bertz CT molecular complexity index is 82.7. The van der Waals surface area contributed by atoms with Crippen LogP contribution in [0.4, 0.5) is 0 Å². The van der Waals surface area contributed by atoms with Gasteiger partial charge in [-0.1, -0.05) is 41.5 Å². The standard InChI is InChI=1S/3C4H10O.ClH.Ti/c3*1-4(2)3-5;;/h3*4-5H,3H2,1-2H3;1H;/p-1. The molecule has 3 nitrogen and oxygen atoms in total. The van der Waals surface area contributed by atoms with Crippen molar-refractivity contribution in [1.29, 1.82) is 0 Å². The van der Waals surface area contributed by atoms with Crippen molar-refractivity contribution < 1.29 is 49.4 Å². The molecule has 0 aromatic heterocycles. The fourth-order valence-electron chi connectivity index (χ4n) is 0. The minimum atomic E-state index is 0. The predicted octanol–water partition coefficient (Wildman–Crippen LogP) is -1.09. The van der Waals surface area contributed by atoms with Crippen LogP contribution in [0, 0.1) is 17.8 Å². The van der Waals surface area contributed by atoms with Crippen LogP contribution in [-0.4, -0.2) is 35.1 Å². The van der Waals surface area contributed by atoms with E-state index in [4.69, 9.17) is 15.3 Å². The molecule has 0 amide bonds. The van der Waals surface area contributed by atoms with E-state index < -0.39 is 0 Å². The van der Waals surface area contributed by atoms with Gasteiger partial charge < -0.3 is 27.7 Å². The first-order chi connectivity index (χ1) is 6.81. The van der Waals surface area contributed by atoms with E-state index >= 15 is 0 Å². The van der Waals surface area contributed by atoms with Gasteiger partial charge in [-0.3, -0.25) is 0 Å². The van der Waals surface area contributed by atoms with E-state index in [0.717, 1.165) is 0 Å². The van der Waals surface area contributed by atoms with Crippen LogP contribution in [0.3, 0.4) is 0 Å². The van der Waals surface area contributed by atoms with E-state index in [0.29, 0.717) is 37.6 Å². The van der Waals surface area contributed by atoms with Crippen molar-refractivity contribution in [3.8, 4) is 0 Å². The molecule has 108 valence electrons. The maximum absolute atomic E-state index is 8.14. The zero-order chi connectivity index (χ0) is 12.9. The molecule has 0 saturated heterocycles. The first-order valence-electron chi connectivity index (χ1n) is 5.64. The van der Waals surface area contributed by atoms with Crippen molar-refractivity contribution in [3.05, 3.63) is 0 Å². The van der Waals surface area contributed by atoms with Gasteiger partial charge in [0.15, 0.2) is 0 Å². The molecule has 0 spiro atoms. The van der Waals surface area contributed by atoms with E-state index in [2.05, 4.69) is 0 Å². The second kappa shape index (κ2) is 25.7. The third-order valence-corrected chi connectivity index (χ3v) is 1.10. The van der Waals surface area contributed by atoms with Gasteiger partial charge in [0.05, 0.1) is 0 Å². The summed E-state index contributed by atoms with van der Waals surface area (Å²) in [6.07, 6.45) is 0. The molecule has 0 saturated carbocycles. The van der Waals surface area contributed by atoms with E-state index in [1.54, 1.807) is 0 Å². The van der Waals surface area contributed by atoms with Crippen molar-refractivity contribution in [2.24, 2.45) is 17.8 Å². The fraction of sp³-hybridized carbons (Fsp3) is 1.00. The van der Waals surface area contributed by atoms with Gasteiger partial charge in [-0.15, -0.1) is 0 Å². The SMILES string of the molecule is CC(C)CO.CC(C)CO.CC(C)CO.[Cl-].[Ti]. The van der Waals surface area contributed by atoms with Gasteiger partial charge in [-0.2, -0.15) is 0 Å². The van der Waals surface area contributed by atoms with Gasteiger partial charge >= 0.3 is 0 Å². The van der Waals surface area contributed by atoms with Gasteiger partial charge in [-0.25, -0.2) is 0 Å². The van der Waals surface area contributed by atoms with Crippen LogP contribution in [0.2, 0.25) is 0 Å². The Hall–Kier alpha value is 0.884. The molecular weight excluding hydrogens is 275 g/mol. The van der Waals surface area contributed by atoms with Crippen LogP contribution in [-0.2, 0) is 21.7 Å². The van der Waals surface area contributed by atoms with Crippen LogP contribution in [0.15, 0.2) is 0 Å². The van der Waals surface area contributed by atoms with Crippen LogP contribution >= 0.6 is 0 Å². The summed E-state index contributed by atoms with van der Waals surface area (Å²) in [5, 5.41) is 24.4. The summed E-state index contributed by atoms with van der Waals surface area (Å²) in [7, 11) is 0. The molecule has 3 N–H and O–H groups in total. The second-order valence-corrected chi connectivity index (χ2v) is 4.73. The monoisotopic (exact) mass is 305 g/mol. The second-order valence-electron chi connectivity index (χ2n) is 4.73. The van der Waals surface area contributed by atoms with Crippen LogP contribution < -0.4 is 12.4 Å². The summed E-state index contributed by atoms with van der Waals surface area (Å²) < 4.78 is 0. The maximum Gasteiger partial charge on any atom is 0.0453 e. The smallest absolute Gasteiger partial charge is 0.0453 e. The van der Waals surface area contributed by atoms with E-state index in [-0.39, 0.29) is 34.1 Å². The number of aliphatic hydroxyl groups is 3. The average molecular weight is 306 g/mol. The van der Waals surface area contributed by atoms with E-state index in [1.165, 1.54) is 0 Å². The molecule has 0 heterocycles. The molecule has 0 radical (unpaired) electrons. The Balaban J connectivity index is -0.0000000400. The molecule has 0 fully saturated rings. The molecule has 0 rings (SSSR count). The summed E-state index contributed by atoms with van der Waals surface area (Å²) in [4.78, 5) is 0. The number of hydrogen-bond acceptors (Lipinski definition) is 3. The Kier molecular flexibility index (Phi) is 46.4. The molecule has 0 aromatic carbocycles. The minimum absolute atomic E-state index is 0.